The maximum Gasteiger partial charge on any atom is 0.238 e. The number of amides is 1. The molecule has 1 aliphatic heterocycles. The van der Waals surface area contributed by atoms with Gasteiger partial charge in [-0.1, -0.05) is 6.07 Å². The molecule has 0 spiro atoms. The van der Waals surface area contributed by atoms with Crippen molar-refractivity contribution in [3.63, 3.8) is 0 Å². The maximum absolute atomic E-state index is 13.7. The molecule has 140 valence electrons. The number of anilines is 1. The van der Waals surface area contributed by atoms with Gasteiger partial charge in [0.1, 0.15) is 0 Å². The smallest absolute Gasteiger partial charge is 0.238 e. The predicted octanol–water partition coefficient (Wildman–Crippen LogP) is 3.79. The lowest BCUT2D eigenvalue weighted by Crippen LogP contribution is -2.37. The number of hydrogen-bond donors (Lipinski definition) is 1. The Balaban J connectivity index is 1.65. The van der Waals surface area contributed by atoms with Gasteiger partial charge in [0.15, 0.2) is 17.5 Å². The largest absolute Gasteiger partial charge is 0.377 e. The standard InChI is InChI=1S/C18H19F3N2O2S/c19-14-5-6-15(18(21)17(14)20)22-16(24)11-23(9-12-3-1-7-25-12)10-13-4-2-8-26-13/h2,4-6,8,12H,1,3,7,9-11H2,(H,22,24)/t12-/m1/s1. The average molecular weight is 384 g/mol. The van der Waals surface area contributed by atoms with Crippen molar-refractivity contribution in [3.05, 3.63) is 52.0 Å². The van der Waals surface area contributed by atoms with Crippen molar-refractivity contribution in [2.75, 3.05) is 25.0 Å². The topological polar surface area (TPSA) is 41.6 Å². The van der Waals surface area contributed by atoms with Crippen LogP contribution in [0.3, 0.4) is 0 Å². The van der Waals surface area contributed by atoms with E-state index in [1.54, 1.807) is 11.3 Å². The zero-order valence-corrected chi connectivity index (χ0v) is 14.8. The summed E-state index contributed by atoms with van der Waals surface area (Å²) in [6, 6.07) is 5.69. The van der Waals surface area contributed by atoms with E-state index in [2.05, 4.69) is 5.32 Å². The lowest BCUT2D eigenvalue weighted by molar-refractivity contribution is -0.117. The monoisotopic (exact) mass is 384 g/mol. The highest BCUT2D eigenvalue weighted by molar-refractivity contribution is 7.09. The minimum Gasteiger partial charge on any atom is -0.377 e. The van der Waals surface area contributed by atoms with Crippen LogP contribution in [0.25, 0.3) is 0 Å². The summed E-state index contributed by atoms with van der Waals surface area (Å²) in [5.74, 6) is -4.79. The van der Waals surface area contributed by atoms with Crippen molar-refractivity contribution in [1.29, 1.82) is 0 Å². The molecule has 1 aromatic carbocycles. The van der Waals surface area contributed by atoms with Crippen molar-refractivity contribution in [1.82, 2.24) is 4.90 Å². The van der Waals surface area contributed by atoms with E-state index in [-0.39, 0.29) is 18.3 Å². The highest BCUT2D eigenvalue weighted by atomic mass is 32.1. The van der Waals surface area contributed by atoms with E-state index in [1.165, 1.54) is 0 Å². The fourth-order valence-corrected chi connectivity index (χ4v) is 3.65. The van der Waals surface area contributed by atoms with Gasteiger partial charge in [0.2, 0.25) is 5.91 Å². The van der Waals surface area contributed by atoms with Crippen LogP contribution in [0.2, 0.25) is 0 Å². The van der Waals surface area contributed by atoms with Gasteiger partial charge in [-0.25, -0.2) is 13.2 Å². The first-order chi connectivity index (χ1) is 12.5. The number of thiophene rings is 1. The summed E-state index contributed by atoms with van der Waals surface area (Å²) < 4.78 is 45.7. The average Bonchev–Trinajstić information content (AvgIpc) is 3.29. The second-order valence-electron chi connectivity index (χ2n) is 6.16. The number of nitrogens with one attached hydrogen (secondary N) is 1. The van der Waals surface area contributed by atoms with Crippen molar-refractivity contribution >= 4 is 22.9 Å². The summed E-state index contributed by atoms with van der Waals surface area (Å²) in [6.45, 7) is 1.84. The lowest BCUT2D eigenvalue weighted by Gasteiger charge is -2.24. The van der Waals surface area contributed by atoms with Crippen molar-refractivity contribution in [2.24, 2.45) is 0 Å². The maximum atomic E-state index is 13.7. The number of carbonyl (C=O) groups excluding carboxylic acids is 1. The van der Waals surface area contributed by atoms with Gasteiger partial charge in [0.25, 0.3) is 0 Å². The molecule has 3 rings (SSSR count). The predicted molar refractivity (Wildman–Crippen MR) is 93.5 cm³/mol. The summed E-state index contributed by atoms with van der Waals surface area (Å²) in [6.07, 6.45) is 1.98. The number of hydrogen-bond acceptors (Lipinski definition) is 4. The van der Waals surface area contributed by atoms with E-state index in [0.29, 0.717) is 19.7 Å². The minimum atomic E-state index is -1.60. The summed E-state index contributed by atoms with van der Waals surface area (Å²) in [4.78, 5) is 15.3. The zero-order chi connectivity index (χ0) is 18.5. The Morgan fingerprint density at radius 2 is 2.12 bits per heavy atom. The van der Waals surface area contributed by atoms with Crippen LogP contribution in [0.4, 0.5) is 18.9 Å². The van der Waals surface area contributed by atoms with Gasteiger partial charge in [-0.3, -0.25) is 9.69 Å². The molecule has 0 saturated carbocycles. The third-order valence-corrected chi connectivity index (χ3v) is 4.98. The molecule has 1 fully saturated rings. The van der Waals surface area contributed by atoms with E-state index in [9.17, 15) is 18.0 Å². The van der Waals surface area contributed by atoms with Crippen LogP contribution >= 0.6 is 11.3 Å². The number of benzene rings is 1. The molecule has 0 radical (unpaired) electrons. The summed E-state index contributed by atoms with van der Waals surface area (Å²) in [5, 5.41) is 4.27. The van der Waals surface area contributed by atoms with E-state index >= 15 is 0 Å². The molecule has 4 nitrogen and oxygen atoms in total. The molecule has 1 N–H and O–H groups in total. The minimum absolute atomic E-state index is 0.00377. The Kier molecular flexibility index (Phi) is 6.29. The van der Waals surface area contributed by atoms with Crippen LogP contribution in [0.5, 0.6) is 0 Å². The van der Waals surface area contributed by atoms with Crippen molar-refractivity contribution in [2.45, 2.75) is 25.5 Å². The summed E-state index contributed by atoms with van der Waals surface area (Å²) in [7, 11) is 0. The fraction of sp³-hybridized carbons (Fsp3) is 0.389. The number of rotatable bonds is 7. The molecule has 1 atom stereocenters. The molecule has 1 aromatic heterocycles. The Labute approximate surface area is 153 Å². The Bertz CT molecular complexity index is 749. The third-order valence-electron chi connectivity index (χ3n) is 4.12. The first-order valence-corrected chi connectivity index (χ1v) is 9.20. The quantitative estimate of drug-likeness (QED) is 0.739. The highest BCUT2D eigenvalue weighted by Gasteiger charge is 2.22. The van der Waals surface area contributed by atoms with E-state index in [4.69, 9.17) is 4.74 Å². The number of carbonyl (C=O) groups is 1. The summed E-state index contributed by atoms with van der Waals surface area (Å²) >= 11 is 1.58. The zero-order valence-electron chi connectivity index (χ0n) is 14.0. The van der Waals surface area contributed by atoms with Gasteiger partial charge in [-0.2, -0.15) is 0 Å². The lowest BCUT2D eigenvalue weighted by atomic mass is 10.2. The second-order valence-corrected chi connectivity index (χ2v) is 7.19. The van der Waals surface area contributed by atoms with Crippen LogP contribution in [0, 0.1) is 17.5 Å². The van der Waals surface area contributed by atoms with Gasteiger partial charge >= 0.3 is 0 Å². The summed E-state index contributed by atoms with van der Waals surface area (Å²) in [5.41, 5.74) is -0.373. The van der Waals surface area contributed by atoms with E-state index in [1.807, 2.05) is 22.4 Å². The fourth-order valence-electron chi connectivity index (χ4n) is 2.90. The molecule has 1 aliphatic rings. The SMILES string of the molecule is O=C(CN(Cc1cccs1)C[C@H]1CCCO1)Nc1ccc(F)c(F)c1F. The molecule has 1 amide bonds. The Morgan fingerprint density at radius 1 is 1.27 bits per heavy atom. The first kappa shape index (κ1) is 18.9. The molecule has 8 heteroatoms. The van der Waals surface area contributed by atoms with Crippen molar-refractivity contribution < 1.29 is 22.7 Å². The van der Waals surface area contributed by atoms with Gasteiger partial charge in [-0.15, -0.1) is 11.3 Å². The normalized spacial score (nSPS) is 17.0. The van der Waals surface area contributed by atoms with Crippen LogP contribution in [-0.4, -0.2) is 36.6 Å². The highest BCUT2D eigenvalue weighted by Crippen LogP contribution is 2.20. The van der Waals surface area contributed by atoms with Gasteiger partial charge in [0.05, 0.1) is 18.3 Å². The Morgan fingerprint density at radius 3 is 2.81 bits per heavy atom. The molecule has 0 unspecified atom stereocenters. The van der Waals surface area contributed by atoms with Crippen LogP contribution in [0.1, 0.15) is 17.7 Å². The van der Waals surface area contributed by atoms with Crippen LogP contribution < -0.4 is 5.32 Å². The molecule has 26 heavy (non-hydrogen) atoms. The third kappa shape index (κ3) is 4.84. The number of halogens is 3. The van der Waals surface area contributed by atoms with Gasteiger partial charge < -0.3 is 10.1 Å². The molecule has 0 aliphatic carbocycles. The molecular weight excluding hydrogens is 365 g/mol. The molecular formula is C18H19F3N2O2S. The first-order valence-electron chi connectivity index (χ1n) is 8.32. The molecule has 0 bridgehead atoms. The molecule has 1 saturated heterocycles. The van der Waals surface area contributed by atoms with E-state index in [0.717, 1.165) is 29.9 Å². The van der Waals surface area contributed by atoms with Crippen molar-refractivity contribution in [3.8, 4) is 0 Å². The van der Waals surface area contributed by atoms with Gasteiger partial charge in [0, 0.05) is 24.6 Å². The van der Waals surface area contributed by atoms with Crippen LogP contribution in [-0.2, 0) is 16.1 Å². The number of ether oxygens (including phenoxy) is 1. The van der Waals surface area contributed by atoms with E-state index < -0.39 is 23.4 Å². The molecule has 2 heterocycles. The Hall–Kier alpha value is -1.90. The van der Waals surface area contributed by atoms with Crippen LogP contribution in [0.15, 0.2) is 29.6 Å². The van der Waals surface area contributed by atoms with Gasteiger partial charge in [-0.05, 0) is 36.4 Å². The second kappa shape index (κ2) is 8.66. The number of nitrogens with zero attached hydrogens (tertiary/aromatic N) is 1. The molecule has 2 aromatic rings.